The Hall–Kier alpha value is -2.01. The Morgan fingerprint density at radius 2 is 1.77 bits per heavy atom. The van der Waals surface area contributed by atoms with Gasteiger partial charge in [0.1, 0.15) is 18.1 Å². The minimum Gasteiger partial charge on any atom is -0.497 e. The van der Waals surface area contributed by atoms with Crippen LogP contribution in [0.1, 0.15) is 17.3 Å². The maximum absolute atomic E-state index is 12.2. The number of ether oxygens (including phenoxy) is 2. The Balaban J connectivity index is 1.86. The highest BCUT2D eigenvalue weighted by atomic mass is 79.9. The van der Waals surface area contributed by atoms with E-state index in [-0.39, 0.29) is 11.9 Å². The summed E-state index contributed by atoms with van der Waals surface area (Å²) in [5.74, 6) is 1.39. The molecule has 0 saturated heterocycles. The molecular weight excluding hydrogens is 346 g/mol. The number of methoxy groups -OCH3 is 1. The molecule has 0 radical (unpaired) electrons. The zero-order chi connectivity index (χ0) is 15.9. The number of hydrogen-bond donors (Lipinski definition) is 1. The Morgan fingerprint density at radius 3 is 2.41 bits per heavy atom. The average molecular weight is 364 g/mol. The number of halogens is 1. The number of carbonyl (C=O) groups is 1. The molecule has 2 rings (SSSR count). The lowest BCUT2D eigenvalue weighted by molar-refractivity contribution is 0.0926. The molecule has 0 bridgehead atoms. The van der Waals surface area contributed by atoms with Crippen LogP contribution in [0, 0.1) is 0 Å². The number of benzene rings is 2. The smallest absolute Gasteiger partial charge is 0.252 e. The number of carbonyl (C=O) groups excluding carboxylic acids is 1. The van der Waals surface area contributed by atoms with Crippen LogP contribution in [-0.2, 0) is 0 Å². The second kappa shape index (κ2) is 7.84. The van der Waals surface area contributed by atoms with Gasteiger partial charge in [0.15, 0.2) is 0 Å². The predicted octanol–water partition coefficient (Wildman–Crippen LogP) is 3.66. The molecule has 1 N–H and O–H groups in total. The van der Waals surface area contributed by atoms with Crippen LogP contribution in [0.2, 0.25) is 0 Å². The lowest BCUT2D eigenvalue weighted by Gasteiger charge is -2.15. The van der Waals surface area contributed by atoms with Crippen LogP contribution >= 0.6 is 15.9 Å². The second-order valence-corrected chi connectivity index (χ2v) is 5.70. The van der Waals surface area contributed by atoms with E-state index >= 15 is 0 Å². The van der Waals surface area contributed by atoms with E-state index in [4.69, 9.17) is 9.47 Å². The van der Waals surface area contributed by atoms with Crippen molar-refractivity contribution in [1.29, 1.82) is 0 Å². The van der Waals surface area contributed by atoms with Gasteiger partial charge in [0.2, 0.25) is 0 Å². The molecule has 0 saturated carbocycles. The summed E-state index contributed by atoms with van der Waals surface area (Å²) in [6.07, 6.45) is 0. The molecule has 0 unspecified atom stereocenters. The predicted molar refractivity (Wildman–Crippen MR) is 89.6 cm³/mol. The molecule has 0 aliphatic carbocycles. The van der Waals surface area contributed by atoms with Gasteiger partial charge in [-0.25, -0.2) is 0 Å². The van der Waals surface area contributed by atoms with Gasteiger partial charge in [-0.05, 0) is 59.3 Å². The largest absolute Gasteiger partial charge is 0.497 e. The Morgan fingerprint density at radius 1 is 1.14 bits per heavy atom. The highest BCUT2D eigenvalue weighted by molar-refractivity contribution is 9.10. The van der Waals surface area contributed by atoms with Gasteiger partial charge in [-0.1, -0.05) is 12.1 Å². The summed E-state index contributed by atoms with van der Waals surface area (Å²) >= 11 is 3.37. The summed E-state index contributed by atoms with van der Waals surface area (Å²) in [5, 5.41) is 2.91. The molecule has 0 heterocycles. The number of amides is 1. The second-order valence-electron chi connectivity index (χ2n) is 4.84. The third-order valence-corrected chi connectivity index (χ3v) is 3.75. The molecule has 0 aromatic heterocycles. The van der Waals surface area contributed by atoms with Crippen molar-refractivity contribution >= 4 is 21.8 Å². The Kier molecular flexibility index (Phi) is 5.83. The van der Waals surface area contributed by atoms with Gasteiger partial charge in [-0.15, -0.1) is 0 Å². The summed E-state index contributed by atoms with van der Waals surface area (Å²) < 4.78 is 11.5. The van der Waals surface area contributed by atoms with Gasteiger partial charge in [0, 0.05) is 4.47 Å². The molecule has 0 aliphatic heterocycles. The van der Waals surface area contributed by atoms with Crippen molar-refractivity contribution in [3.8, 4) is 11.5 Å². The summed E-state index contributed by atoms with van der Waals surface area (Å²) in [6.45, 7) is 2.29. The number of rotatable bonds is 6. The molecule has 22 heavy (non-hydrogen) atoms. The first-order valence-electron chi connectivity index (χ1n) is 6.92. The summed E-state index contributed by atoms with van der Waals surface area (Å²) in [6, 6.07) is 14.5. The van der Waals surface area contributed by atoms with Crippen molar-refractivity contribution in [2.75, 3.05) is 13.7 Å². The highest BCUT2D eigenvalue weighted by Gasteiger charge is 2.12. The molecule has 5 heteroatoms. The maximum Gasteiger partial charge on any atom is 0.252 e. The summed E-state index contributed by atoms with van der Waals surface area (Å²) in [5.41, 5.74) is 0.610. The van der Waals surface area contributed by atoms with E-state index in [2.05, 4.69) is 21.2 Å². The molecule has 1 atom stereocenters. The van der Waals surface area contributed by atoms with Crippen LogP contribution < -0.4 is 14.8 Å². The van der Waals surface area contributed by atoms with Gasteiger partial charge in [-0.3, -0.25) is 4.79 Å². The van der Waals surface area contributed by atoms with Crippen molar-refractivity contribution < 1.29 is 14.3 Å². The van der Waals surface area contributed by atoms with E-state index in [1.807, 2.05) is 49.4 Å². The van der Waals surface area contributed by atoms with Gasteiger partial charge in [0.25, 0.3) is 5.91 Å². The third kappa shape index (κ3) is 4.49. The van der Waals surface area contributed by atoms with Gasteiger partial charge in [-0.2, -0.15) is 0 Å². The first kappa shape index (κ1) is 16.4. The minimum absolute atomic E-state index is 0.110. The molecule has 0 aliphatic rings. The molecule has 4 nitrogen and oxygen atoms in total. The molecular formula is C17H18BrNO3. The molecule has 2 aromatic rings. The lowest BCUT2D eigenvalue weighted by Crippen LogP contribution is -2.36. The standard InChI is InChI=1S/C17H18BrNO3/c1-12(11-22-14-9-7-13(21-2)8-10-14)19-17(20)15-5-3-4-6-16(15)18/h3-10,12H,11H2,1-2H3,(H,19,20)/t12-/m1/s1. The van der Waals surface area contributed by atoms with Gasteiger partial charge >= 0.3 is 0 Å². The fourth-order valence-electron chi connectivity index (χ4n) is 1.88. The SMILES string of the molecule is COc1ccc(OC[C@@H](C)NC(=O)c2ccccc2Br)cc1. The quantitative estimate of drug-likeness (QED) is 0.851. The van der Waals surface area contributed by atoms with E-state index in [9.17, 15) is 4.79 Å². The van der Waals surface area contributed by atoms with Crippen LogP contribution in [0.15, 0.2) is 53.0 Å². The fourth-order valence-corrected chi connectivity index (χ4v) is 2.35. The minimum atomic E-state index is -0.127. The van der Waals surface area contributed by atoms with E-state index in [1.54, 1.807) is 13.2 Å². The molecule has 0 fully saturated rings. The van der Waals surface area contributed by atoms with Crippen molar-refractivity contribution in [1.82, 2.24) is 5.32 Å². The van der Waals surface area contributed by atoms with E-state index < -0.39 is 0 Å². The van der Waals surface area contributed by atoms with Gasteiger partial charge < -0.3 is 14.8 Å². The normalized spacial score (nSPS) is 11.6. The van der Waals surface area contributed by atoms with Crippen LogP contribution in [0.25, 0.3) is 0 Å². The van der Waals surface area contributed by atoms with Crippen LogP contribution in [-0.4, -0.2) is 25.7 Å². The molecule has 2 aromatic carbocycles. The Labute approximate surface area is 138 Å². The summed E-state index contributed by atoms with van der Waals surface area (Å²) in [7, 11) is 1.62. The van der Waals surface area contributed by atoms with Crippen molar-refractivity contribution in [2.45, 2.75) is 13.0 Å². The number of hydrogen-bond acceptors (Lipinski definition) is 3. The van der Waals surface area contributed by atoms with Gasteiger partial charge in [0.05, 0.1) is 18.7 Å². The van der Waals surface area contributed by atoms with Crippen LogP contribution in [0.3, 0.4) is 0 Å². The number of nitrogens with one attached hydrogen (secondary N) is 1. The van der Waals surface area contributed by atoms with Crippen LogP contribution in [0.4, 0.5) is 0 Å². The zero-order valence-electron chi connectivity index (χ0n) is 12.5. The van der Waals surface area contributed by atoms with Crippen molar-refractivity contribution in [3.63, 3.8) is 0 Å². The lowest BCUT2D eigenvalue weighted by atomic mass is 10.2. The first-order chi connectivity index (χ1) is 10.6. The van der Waals surface area contributed by atoms with E-state index in [0.29, 0.717) is 12.2 Å². The maximum atomic E-state index is 12.2. The monoisotopic (exact) mass is 363 g/mol. The van der Waals surface area contributed by atoms with Crippen molar-refractivity contribution in [2.24, 2.45) is 0 Å². The third-order valence-electron chi connectivity index (χ3n) is 3.06. The molecule has 1 amide bonds. The average Bonchev–Trinajstić information content (AvgIpc) is 2.53. The van der Waals surface area contributed by atoms with E-state index in [0.717, 1.165) is 16.0 Å². The summed E-state index contributed by atoms with van der Waals surface area (Å²) in [4.78, 5) is 12.2. The molecule has 116 valence electrons. The van der Waals surface area contributed by atoms with Crippen molar-refractivity contribution in [3.05, 3.63) is 58.6 Å². The Bertz CT molecular complexity index is 628. The first-order valence-corrected chi connectivity index (χ1v) is 7.71. The topological polar surface area (TPSA) is 47.6 Å². The van der Waals surface area contributed by atoms with E-state index in [1.165, 1.54) is 0 Å². The highest BCUT2D eigenvalue weighted by Crippen LogP contribution is 2.18. The fraction of sp³-hybridized carbons (Fsp3) is 0.235. The zero-order valence-corrected chi connectivity index (χ0v) is 14.1. The molecule has 0 spiro atoms. The van der Waals surface area contributed by atoms with Crippen LogP contribution in [0.5, 0.6) is 11.5 Å².